The Morgan fingerprint density at radius 3 is 0.783 bits per heavy atom. The van der Waals surface area contributed by atoms with E-state index in [1.54, 1.807) is 0 Å². The van der Waals surface area contributed by atoms with Gasteiger partial charge >= 0.3 is 17.9 Å². The second kappa shape index (κ2) is 70.3. The highest BCUT2D eigenvalue weighted by molar-refractivity contribution is 5.71. The average molecular weight is 1150 g/mol. The lowest BCUT2D eigenvalue weighted by Crippen LogP contribution is -2.30. The van der Waals surface area contributed by atoms with E-state index in [4.69, 9.17) is 14.2 Å². The van der Waals surface area contributed by atoms with Gasteiger partial charge in [0.1, 0.15) is 13.2 Å². The maximum atomic E-state index is 13.0. The molecule has 0 saturated carbocycles. The van der Waals surface area contributed by atoms with Crippen LogP contribution in [0.15, 0.2) is 122 Å². The van der Waals surface area contributed by atoms with Gasteiger partial charge in [0.2, 0.25) is 0 Å². The van der Waals surface area contributed by atoms with Crippen LogP contribution in [0.4, 0.5) is 0 Å². The van der Waals surface area contributed by atoms with Crippen LogP contribution >= 0.6 is 0 Å². The van der Waals surface area contributed by atoms with Gasteiger partial charge < -0.3 is 14.2 Å². The second-order valence-electron chi connectivity index (χ2n) is 23.1. The molecule has 1 unspecified atom stereocenters. The number of carbonyl (C=O) groups excluding carboxylic acids is 3. The zero-order valence-corrected chi connectivity index (χ0v) is 54.4. The van der Waals surface area contributed by atoms with E-state index < -0.39 is 6.10 Å². The van der Waals surface area contributed by atoms with Crippen LogP contribution in [-0.2, 0) is 28.6 Å². The fourth-order valence-electron chi connectivity index (χ4n) is 9.73. The number of carbonyl (C=O) groups is 3. The van der Waals surface area contributed by atoms with Crippen molar-refractivity contribution in [2.24, 2.45) is 0 Å². The number of ether oxygens (including phenoxy) is 3. The molecule has 0 radical (unpaired) electrons. The quantitative estimate of drug-likeness (QED) is 0.0261. The lowest BCUT2D eigenvalue weighted by Gasteiger charge is -2.18. The van der Waals surface area contributed by atoms with Gasteiger partial charge in [-0.25, -0.2) is 0 Å². The van der Waals surface area contributed by atoms with Crippen molar-refractivity contribution in [3.05, 3.63) is 122 Å². The van der Waals surface area contributed by atoms with Crippen molar-refractivity contribution < 1.29 is 28.6 Å². The first-order valence-electron chi connectivity index (χ1n) is 35.0. The van der Waals surface area contributed by atoms with Crippen LogP contribution in [0, 0.1) is 0 Å². The van der Waals surface area contributed by atoms with Crippen LogP contribution in [0.3, 0.4) is 0 Å². The van der Waals surface area contributed by atoms with E-state index in [0.29, 0.717) is 19.3 Å². The summed E-state index contributed by atoms with van der Waals surface area (Å²) in [6.45, 7) is 6.46. The molecule has 6 nitrogen and oxygen atoms in total. The largest absolute Gasteiger partial charge is 0.462 e. The molecule has 0 N–H and O–H groups in total. The molecule has 0 rings (SSSR count). The standard InChI is InChI=1S/C77H130O6/c1-4-7-10-13-16-19-22-25-27-29-31-33-35-36-37-38-39-40-42-43-45-47-49-52-55-58-61-64-67-70-76(79)82-73-74(72-81-75(78)69-66-63-60-57-54-51-24-21-18-15-12-9-6-3)83-77(80)71-68-65-62-59-56-53-50-48-46-44-41-34-32-30-28-26-23-20-17-14-11-8-5-2/h7,10,12,15-16,19,21,24-25,27,31,33,36-37,39-40,43,45,49,52,74H,4-6,8-9,11,13-14,17-18,20,22-23,26,28-30,32,34-35,38,41-42,44,46-48,50-51,53-73H2,1-3H3/b10-7-,15-12-,19-16-,24-21-,27-25-,33-31-,37-36-,40-39-,45-43-,52-49-. The van der Waals surface area contributed by atoms with E-state index in [9.17, 15) is 14.4 Å². The maximum Gasteiger partial charge on any atom is 0.306 e. The van der Waals surface area contributed by atoms with E-state index >= 15 is 0 Å². The molecule has 0 bridgehead atoms. The Morgan fingerprint density at radius 1 is 0.253 bits per heavy atom. The zero-order chi connectivity index (χ0) is 59.9. The minimum atomic E-state index is -0.798. The minimum Gasteiger partial charge on any atom is -0.462 e. The molecule has 0 aromatic rings. The van der Waals surface area contributed by atoms with Gasteiger partial charge in [0.25, 0.3) is 0 Å². The van der Waals surface area contributed by atoms with Gasteiger partial charge in [-0.05, 0) is 109 Å². The Hall–Kier alpha value is -4.19. The molecule has 0 aliphatic rings. The van der Waals surface area contributed by atoms with E-state index in [-0.39, 0.29) is 31.1 Å². The van der Waals surface area contributed by atoms with Gasteiger partial charge in [-0.2, -0.15) is 0 Å². The molecule has 0 heterocycles. The number of hydrogen-bond donors (Lipinski definition) is 0. The van der Waals surface area contributed by atoms with Gasteiger partial charge in [0.05, 0.1) is 0 Å². The highest BCUT2D eigenvalue weighted by Crippen LogP contribution is 2.17. The Kier molecular flexibility index (Phi) is 66.7. The third kappa shape index (κ3) is 68.5. The summed E-state index contributed by atoms with van der Waals surface area (Å²) >= 11 is 0. The molecule has 0 aliphatic heterocycles. The molecule has 83 heavy (non-hydrogen) atoms. The van der Waals surface area contributed by atoms with E-state index in [0.717, 1.165) is 154 Å². The second-order valence-corrected chi connectivity index (χ2v) is 23.1. The van der Waals surface area contributed by atoms with E-state index in [2.05, 4.69) is 142 Å². The first-order chi connectivity index (χ1) is 41.0. The fourth-order valence-corrected chi connectivity index (χ4v) is 9.73. The van der Waals surface area contributed by atoms with E-state index in [1.807, 2.05) is 0 Å². The van der Waals surface area contributed by atoms with Gasteiger partial charge in [-0.3, -0.25) is 14.4 Å². The molecule has 0 saturated heterocycles. The molecule has 1 atom stereocenters. The van der Waals surface area contributed by atoms with Crippen molar-refractivity contribution in [2.45, 2.75) is 335 Å². The molecule has 0 aromatic heterocycles. The maximum absolute atomic E-state index is 13.0. The van der Waals surface area contributed by atoms with E-state index in [1.165, 1.54) is 135 Å². The first kappa shape index (κ1) is 78.8. The van der Waals surface area contributed by atoms with Crippen molar-refractivity contribution in [2.75, 3.05) is 13.2 Å². The number of esters is 3. The summed E-state index contributed by atoms with van der Waals surface area (Å²) in [6, 6.07) is 0. The molecule has 0 fully saturated rings. The monoisotopic (exact) mass is 1150 g/mol. The molecule has 0 spiro atoms. The van der Waals surface area contributed by atoms with Crippen molar-refractivity contribution in [1.29, 1.82) is 0 Å². The third-order valence-electron chi connectivity index (χ3n) is 14.9. The van der Waals surface area contributed by atoms with Gasteiger partial charge in [-0.1, -0.05) is 322 Å². The van der Waals surface area contributed by atoms with Gasteiger partial charge in [-0.15, -0.1) is 0 Å². The lowest BCUT2D eigenvalue weighted by molar-refractivity contribution is -0.167. The number of unbranched alkanes of at least 4 members (excludes halogenated alkanes) is 32. The summed E-state index contributed by atoms with van der Waals surface area (Å²) in [6.07, 6.45) is 97.9. The molecule has 6 heteroatoms. The molecule has 0 amide bonds. The van der Waals surface area contributed by atoms with Crippen molar-refractivity contribution in [3.63, 3.8) is 0 Å². The van der Waals surface area contributed by atoms with Crippen molar-refractivity contribution in [1.82, 2.24) is 0 Å². The predicted molar refractivity (Wildman–Crippen MR) is 362 cm³/mol. The molecule has 0 aliphatic carbocycles. The molecular formula is C77H130O6. The summed E-state index contributed by atoms with van der Waals surface area (Å²) < 4.78 is 16.9. The van der Waals surface area contributed by atoms with Crippen molar-refractivity contribution >= 4 is 17.9 Å². The Labute approximate surface area is 513 Å². The zero-order valence-electron chi connectivity index (χ0n) is 54.4. The van der Waals surface area contributed by atoms with Crippen LogP contribution in [0.5, 0.6) is 0 Å². The third-order valence-corrected chi connectivity index (χ3v) is 14.9. The van der Waals surface area contributed by atoms with Crippen LogP contribution < -0.4 is 0 Å². The van der Waals surface area contributed by atoms with Crippen LogP contribution in [0.25, 0.3) is 0 Å². The Balaban J connectivity index is 4.36. The van der Waals surface area contributed by atoms with Gasteiger partial charge in [0, 0.05) is 19.3 Å². The summed E-state index contributed by atoms with van der Waals surface area (Å²) in [4.78, 5) is 38.4. The lowest BCUT2D eigenvalue weighted by atomic mass is 10.0. The summed E-state index contributed by atoms with van der Waals surface area (Å²) in [5.41, 5.74) is 0. The average Bonchev–Trinajstić information content (AvgIpc) is 3.49. The highest BCUT2D eigenvalue weighted by atomic mass is 16.6. The molecule has 474 valence electrons. The number of rotatable bonds is 63. The SMILES string of the molecule is CC/C=C\C/C=C\C/C=C\C/C=C\C/C=C\C/C=C\C/C=C\C/C=C\CCCCCCC(=O)OCC(COC(=O)CCCCCCC/C=C\C/C=C\CCC)OC(=O)CCCCCCCCCCCCCCCCCCCCCCCCC. The smallest absolute Gasteiger partial charge is 0.306 e. The van der Waals surface area contributed by atoms with Crippen molar-refractivity contribution in [3.8, 4) is 0 Å². The summed E-state index contributed by atoms with van der Waals surface area (Å²) in [7, 11) is 0. The van der Waals surface area contributed by atoms with Crippen LogP contribution in [0.2, 0.25) is 0 Å². The number of allylic oxidation sites excluding steroid dienone is 20. The number of hydrogen-bond acceptors (Lipinski definition) is 6. The topological polar surface area (TPSA) is 78.9 Å². The predicted octanol–water partition coefficient (Wildman–Crippen LogP) is 24.3. The summed E-state index contributed by atoms with van der Waals surface area (Å²) in [5.74, 6) is -0.920. The minimum absolute atomic E-state index is 0.0932. The summed E-state index contributed by atoms with van der Waals surface area (Å²) in [5, 5.41) is 0. The Morgan fingerprint density at radius 2 is 0.494 bits per heavy atom. The van der Waals surface area contributed by atoms with Crippen LogP contribution in [0.1, 0.15) is 329 Å². The molecular weight excluding hydrogens is 1020 g/mol. The Bertz CT molecular complexity index is 1700. The highest BCUT2D eigenvalue weighted by Gasteiger charge is 2.19. The van der Waals surface area contributed by atoms with Gasteiger partial charge in [0.15, 0.2) is 6.10 Å². The van der Waals surface area contributed by atoms with Crippen LogP contribution in [-0.4, -0.2) is 37.2 Å². The normalized spacial score (nSPS) is 12.9. The molecule has 0 aromatic carbocycles. The first-order valence-corrected chi connectivity index (χ1v) is 35.0. The fraction of sp³-hybridized carbons (Fsp3) is 0.701.